The molecule has 3 aromatic heterocycles. The average Bonchev–Trinajstić information content (AvgIpc) is 3.41. The number of rotatable bonds is 6. The predicted molar refractivity (Wildman–Crippen MR) is 175 cm³/mol. The number of piperidine rings is 2. The van der Waals surface area contributed by atoms with Gasteiger partial charge in [0.15, 0.2) is 11.5 Å². The molecule has 2 saturated heterocycles. The molecule has 7 nitrogen and oxygen atoms in total. The van der Waals surface area contributed by atoms with Gasteiger partial charge in [-0.05, 0) is 112 Å². The van der Waals surface area contributed by atoms with E-state index in [0.717, 1.165) is 46.1 Å². The number of anilines is 1. The van der Waals surface area contributed by atoms with Gasteiger partial charge in [-0.25, -0.2) is 15.0 Å². The van der Waals surface area contributed by atoms with E-state index in [-0.39, 0.29) is 0 Å². The molecule has 7 heteroatoms. The third-order valence-corrected chi connectivity index (χ3v) is 8.62. The summed E-state index contributed by atoms with van der Waals surface area (Å²) in [5.41, 5.74) is 13.6. The maximum Gasteiger partial charge on any atom is 0.165 e. The van der Waals surface area contributed by atoms with Crippen molar-refractivity contribution in [2.24, 2.45) is 5.41 Å². The molecule has 2 aliphatic heterocycles. The lowest BCUT2D eigenvalue weighted by Gasteiger charge is -2.44. The molecule has 0 bridgehead atoms. The van der Waals surface area contributed by atoms with Gasteiger partial charge < -0.3 is 11.1 Å². The second-order valence-corrected chi connectivity index (χ2v) is 11.2. The van der Waals surface area contributed by atoms with Crippen LogP contribution in [0, 0.1) is 5.41 Å². The summed E-state index contributed by atoms with van der Waals surface area (Å²) in [6, 6.07) is 16.8. The molecule has 0 amide bonds. The molecule has 5 heterocycles. The van der Waals surface area contributed by atoms with Crippen molar-refractivity contribution in [2.45, 2.75) is 59.9 Å². The van der Waals surface area contributed by atoms with Crippen LogP contribution in [0.15, 0.2) is 73.0 Å². The fraction of sp³-hybridized carbons (Fsp3) is 0.400. The van der Waals surface area contributed by atoms with Crippen LogP contribution in [-0.4, -0.2) is 50.6 Å². The molecule has 0 aliphatic carbocycles. The molecule has 4 aromatic rings. The monoisotopic (exact) mass is 563 g/mol. The van der Waals surface area contributed by atoms with Crippen LogP contribution in [0.1, 0.15) is 64.6 Å². The van der Waals surface area contributed by atoms with Gasteiger partial charge in [0.2, 0.25) is 0 Å². The van der Waals surface area contributed by atoms with E-state index in [0.29, 0.717) is 11.2 Å². The molecule has 0 unspecified atom stereocenters. The molecule has 1 aromatic carbocycles. The minimum atomic E-state index is 0.454. The first-order valence-electron chi connectivity index (χ1n) is 15.5. The van der Waals surface area contributed by atoms with E-state index in [1.807, 2.05) is 58.0 Å². The van der Waals surface area contributed by atoms with Gasteiger partial charge in [-0.3, -0.25) is 9.47 Å². The second-order valence-electron chi connectivity index (χ2n) is 11.2. The molecule has 0 atom stereocenters. The number of pyridine rings is 2. The SMILES string of the molecule is C/C=C\C(=C/C)c1ccc2nc(-c3cccnc3N)n(-c3ccc(CN4CCC5(CCCNC5)CC4)cc3)c2n1.CC. The van der Waals surface area contributed by atoms with E-state index in [1.54, 1.807) is 6.20 Å². The number of aromatic nitrogens is 4. The second kappa shape index (κ2) is 13.4. The number of nitrogens with one attached hydrogen (secondary N) is 1. The molecule has 3 N–H and O–H groups in total. The number of nitrogens with zero attached hydrogens (tertiary/aromatic N) is 5. The third kappa shape index (κ3) is 6.18. The van der Waals surface area contributed by atoms with Gasteiger partial charge in [0.05, 0.1) is 11.3 Å². The summed E-state index contributed by atoms with van der Waals surface area (Å²) < 4.78 is 2.11. The Bertz CT molecular complexity index is 1530. The number of fused-ring (bicyclic) bond motifs is 1. The van der Waals surface area contributed by atoms with E-state index in [1.165, 1.54) is 57.4 Å². The molecule has 1 spiro atoms. The lowest BCUT2D eigenvalue weighted by Crippen LogP contribution is -2.47. The summed E-state index contributed by atoms with van der Waals surface area (Å²) in [4.78, 5) is 17.0. The minimum absolute atomic E-state index is 0.454. The van der Waals surface area contributed by atoms with Gasteiger partial charge in [0.1, 0.15) is 11.3 Å². The van der Waals surface area contributed by atoms with E-state index in [9.17, 15) is 0 Å². The van der Waals surface area contributed by atoms with Crippen molar-refractivity contribution in [3.8, 4) is 17.1 Å². The van der Waals surface area contributed by atoms with Crippen molar-refractivity contribution in [2.75, 3.05) is 31.9 Å². The molecule has 42 heavy (non-hydrogen) atoms. The lowest BCUT2D eigenvalue weighted by atomic mass is 9.73. The van der Waals surface area contributed by atoms with Crippen LogP contribution >= 0.6 is 0 Å². The van der Waals surface area contributed by atoms with Crippen LogP contribution in [0.2, 0.25) is 0 Å². The van der Waals surface area contributed by atoms with Crippen LogP contribution < -0.4 is 11.1 Å². The Hall–Kier alpha value is -3.81. The Morgan fingerprint density at radius 3 is 2.45 bits per heavy atom. The number of allylic oxidation sites excluding steroid dienone is 4. The molecule has 6 rings (SSSR count). The summed E-state index contributed by atoms with van der Waals surface area (Å²) >= 11 is 0. The minimum Gasteiger partial charge on any atom is -0.383 e. The molecule has 2 fully saturated rings. The first-order valence-corrected chi connectivity index (χ1v) is 15.5. The Morgan fingerprint density at radius 2 is 1.79 bits per heavy atom. The van der Waals surface area contributed by atoms with E-state index in [2.05, 4.69) is 56.2 Å². The van der Waals surface area contributed by atoms with Crippen LogP contribution in [0.5, 0.6) is 0 Å². The maximum absolute atomic E-state index is 6.33. The van der Waals surface area contributed by atoms with E-state index >= 15 is 0 Å². The van der Waals surface area contributed by atoms with Crippen molar-refractivity contribution >= 4 is 22.6 Å². The van der Waals surface area contributed by atoms with Gasteiger partial charge in [-0.2, -0.15) is 0 Å². The maximum atomic E-state index is 6.33. The van der Waals surface area contributed by atoms with E-state index in [4.69, 9.17) is 15.7 Å². The third-order valence-electron chi connectivity index (χ3n) is 8.62. The standard InChI is InChI=1S/C33H39N7.C2H6/c1-3-7-25(4-2)28-13-14-29-32(37-28)40(31(38-29)27-8-5-19-36-30(27)34)26-11-9-24(10-12-26)22-39-20-16-33(17-21-39)15-6-18-35-23-33;1-2/h3-5,7-14,19,35H,6,15-18,20-23H2,1-2H3,(H2,34,36);1-2H3/b7-3-,25-4+;. The molecule has 2 aliphatic rings. The smallest absolute Gasteiger partial charge is 0.165 e. The summed E-state index contributed by atoms with van der Waals surface area (Å²) in [6.07, 6.45) is 13.2. The van der Waals surface area contributed by atoms with E-state index < -0.39 is 0 Å². The molecular weight excluding hydrogens is 518 g/mol. The Morgan fingerprint density at radius 1 is 1.00 bits per heavy atom. The number of nitrogens with two attached hydrogens (primary N) is 1. The van der Waals surface area contributed by atoms with Crippen molar-refractivity contribution in [3.05, 3.63) is 84.2 Å². The normalized spacial score (nSPS) is 17.5. The van der Waals surface area contributed by atoms with Crippen molar-refractivity contribution in [1.29, 1.82) is 0 Å². The van der Waals surface area contributed by atoms with Gasteiger partial charge in [-0.1, -0.05) is 44.2 Å². The Kier molecular flexibility index (Phi) is 9.50. The number of likely N-dealkylation sites (tertiary alicyclic amines) is 1. The van der Waals surface area contributed by atoms with Crippen LogP contribution in [0.25, 0.3) is 33.8 Å². The highest BCUT2D eigenvalue weighted by Gasteiger charge is 2.35. The fourth-order valence-corrected chi connectivity index (χ4v) is 6.31. The highest BCUT2D eigenvalue weighted by Crippen LogP contribution is 2.38. The average molecular weight is 564 g/mol. The number of nitrogen functional groups attached to an aromatic ring is 1. The molecular formula is C35H45N7. The first kappa shape index (κ1) is 29.7. The molecule has 220 valence electrons. The first-order chi connectivity index (χ1) is 20.6. The summed E-state index contributed by atoms with van der Waals surface area (Å²) in [6.45, 7) is 13.8. The Labute approximate surface area is 250 Å². The lowest BCUT2D eigenvalue weighted by molar-refractivity contribution is 0.0750. The topological polar surface area (TPSA) is 84.9 Å². The van der Waals surface area contributed by atoms with Gasteiger partial charge in [0.25, 0.3) is 0 Å². The zero-order valence-corrected chi connectivity index (χ0v) is 25.6. The van der Waals surface area contributed by atoms with Crippen molar-refractivity contribution < 1.29 is 0 Å². The molecule has 0 saturated carbocycles. The highest BCUT2D eigenvalue weighted by atomic mass is 15.1. The van der Waals surface area contributed by atoms with Crippen LogP contribution in [0.3, 0.4) is 0 Å². The summed E-state index contributed by atoms with van der Waals surface area (Å²) in [5.74, 6) is 1.20. The zero-order valence-electron chi connectivity index (χ0n) is 25.6. The quantitative estimate of drug-likeness (QED) is 0.245. The predicted octanol–water partition coefficient (Wildman–Crippen LogP) is 7.04. The van der Waals surface area contributed by atoms with Crippen LogP contribution in [0.4, 0.5) is 5.82 Å². The van der Waals surface area contributed by atoms with Crippen molar-refractivity contribution in [3.63, 3.8) is 0 Å². The number of hydrogen-bond donors (Lipinski definition) is 2. The van der Waals surface area contributed by atoms with Crippen LogP contribution in [-0.2, 0) is 6.54 Å². The Balaban J connectivity index is 0.00000173. The largest absolute Gasteiger partial charge is 0.383 e. The fourth-order valence-electron chi connectivity index (χ4n) is 6.31. The van der Waals surface area contributed by atoms with Gasteiger partial charge in [-0.15, -0.1) is 0 Å². The number of benzene rings is 1. The van der Waals surface area contributed by atoms with Gasteiger partial charge in [0, 0.05) is 25.0 Å². The summed E-state index contributed by atoms with van der Waals surface area (Å²) in [5, 5.41) is 3.63. The zero-order chi connectivity index (χ0) is 29.5. The van der Waals surface area contributed by atoms with Crippen molar-refractivity contribution in [1.82, 2.24) is 29.7 Å². The number of imidazole rings is 1. The summed E-state index contributed by atoms with van der Waals surface area (Å²) in [7, 11) is 0. The number of hydrogen-bond acceptors (Lipinski definition) is 6. The van der Waals surface area contributed by atoms with Gasteiger partial charge >= 0.3 is 0 Å². The highest BCUT2D eigenvalue weighted by molar-refractivity contribution is 5.85. The molecule has 0 radical (unpaired) electrons.